The number of carbonyl (C=O) groups excluding carboxylic acids is 1. The lowest BCUT2D eigenvalue weighted by Gasteiger charge is -2.31. The molecule has 0 saturated carbocycles. The van der Waals surface area contributed by atoms with Crippen LogP contribution in [0.2, 0.25) is 0 Å². The van der Waals surface area contributed by atoms with Crippen molar-refractivity contribution in [1.29, 1.82) is 0 Å². The molecule has 8 heteroatoms. The standard InChI is InChI=1S/C20H18N6O2/c1-13-16(11-21-17-9-10-22-26(13)17)20-23-19(24-28-20)14-7-8-18(27)25(12-14)15-5-3-2-4-6-15/h2-6,9-11,14H,7-8,12H2,1H3. The third-order valence-corrected chi connectivity index (χ3v) is 5.17. The van der Waals surface area contributed by atoms with Crippen molar-refractivity contribution in [3.63, 3.8) is 0 Å². The number of piperidine rings is 1. The van der Waals surface area contributed by atoms with E-state index in [1.165, 1.54) is 0 Å². The average Bonchev–Trinajstić information content (AvgIpc) is 3.39. The number of rotatable bonds is 3. The van der Waals surface area contributed by atoms with Gasteiger partial charge in [-0.1, -0.05) is 23.4 Å². The summed E-state index contributed by atoms with van der Waals surface area (Å²) in [7, 11) is 0. The fourth-order valence-corrected chi connectivity index (χ4v) is 3.63. The highest BCUT2D eigenvalue weighted by atomic mass is 16.5. The Bertz CT molecular complexity index is 1150. The summed E-state index contributed by atoms with van der Waals surface area (Å²) in [6.07, 6.45) is 4.60. The second kappa shape index (κ2) is 6.56. The molecule has 0 radical (unpaired) electrons. The molecule has 1 aromatic carbocycles. The first kappa shape index (κ1) is 16.6. The maximum atomic E-state index is 12.4. The van der Waals surface area contributed by atoms with Gasteiger partial charge < -0.3 is 9.42 Å². The highest BCUT2D eigenvalue weighted by Gasteiger charge is 2.31. The van der Waals surface area contributed by atoms with Gasteiger partial charge in [0.25, 0.3) is 5.89 Å². The summed E-state index contributed by atoms with van der Waals surface area (Å²) in [4.78, 5) is 23.2. The number of anilines is 1. The van der Waals surface area contributed by atoms with E-state index < -0.39 is 0 Å². The summed E-state index contributed by atoms with van der Waals surface area (Å²) >= 11 is 0. The Balaban J connectivity index is 1.44. The van der Waals surface area contributed by atoms with Crippen molar-refractivity contribution < 1.29 is 9.32 Å². The molecule has 4 aromatic rings. The first-order chi connectivity index (χ1) is 13.7. The van der Waals surface area contributed by atoms with Crippen molar-refractivity contribution in [2.75, 3.05) is 11.4 Å². The monoisotopic (exact) mass is 374 g/mol. The van der Waals surface area contributed by atoms with Crippen LogP contribution < -0.4 is 4.90 Å². The van der Waals surface area contributed by atoms with Gasteiger partial charge >= 0.3 is 0 Å². The van der Waals surface area contributed by atoms with Gasteiger partial charge in [0.2, 0.25) is 5.91 Å². The molecule has 1 aliphatic heterocycles. The first-order valence-electron chi connectivity index (χ1n) is 9.19. The van der Waals surface area contributed by atoms with Crippen LogP contribution >= 0.6 is 0 Å². The first-order valence-corrected chi connectivity index (χ1v) is 9.19. The maximum Gasteiger partial charge on any atom is 0.261 e. The van der Waals surface area contributed by atoms with Crippen LogP contribution in [-0.4, -0.2) is 37.2 Å². The molecule has 0 bridgehead atoms. The predicted octanol–water partition coefficient (Wildman–Crippen LogP) is 3.00. The molecule has 1 fully saturated rings. The lowest BCUT2D eigenvalue weighted by Crippen LogP contribution is -2.39. The van der Waals surface area contributed by atoms with Crippen molar-refractivity contribution >= 4 is 17.2 Å². The van der Waals surface area contributed by atoms with Gasteiger partial charge in [-0.05, 0) is 25.5 Å². The number of para-hydroxylation sites is 1. The summed E-state index contributed by atoms with van der Waals surface area (Å²) in [6, 6.07) is 11.5. The molecule has 4 heterocycles. The third-order valence-electron chi connectivity index (χ3n) is 5.17. The second-order valence-electron chi connectivity index (χ2n) is 6.89. The number of carbonyl (C=O) groups is 1. The quantitative estimate of drug-likeness (QED) is 0.548. The minimum atomic E-state index is 0.0251. The van der Waals surface area contributed by atoms with Gasteiger partial charge in [0, 0.05) is 36.8 Å². The van der Waals surface area contributed by atoms with E-state index in [0.717, 1.165) is 22.6 Å². The molecule has 3 aromatic heterocycles. The van der Waals surface area contributed by atoms with Crippen molar-refractivity contribution in [2.45, 2.75) is 25.7 Å². The molecule has 1 unspecified atom stereocenters. The maximum absolute atomic E-state index is 12.4. The zero-order valence-electron chi connectivity index (χ0n) is 15.3. The highest BCUT2D eigenvalue weighted by Crippen LogP contribution is 2.31. The van der Waals surface area contributed by atoms with Gasteiger partial charge in [-0.3, -0.25) is 4.79 Å². The van der Waals surface area contributed by atoms with E-state index in [0.29, 0.717) is 31.1 Å². The van der Waals surface area contributed by atoms with Crippen LogP contribution in [0.25, 0.3) is 17.1 Å². The van der Waals surface area contributed by atoms with Gasteiger partial charge in [-0.15, -0.1) is 0 Å². The molecule has 0 aliphatic carbocycles. The summed E-state index contributed by atoms with van der Waals surface area (Å²) in [5.74, 6) is 1.18. The molecule has 28 heavy (non-hydrogen) atoms. The van der Waals surface area contributed by atoms with Crippen molar-refractivity contribution in [1.82, 2.24) is 24.7 Å². The van der Waals surface area contributed by atoms with Crippen LogP contribution in [0, 0.1) is 6.92 Å². The molecule has 1 saturated heterocycles. The summed E-state index contributed by atoms with van der Waals surface area (Å²) in [5, 5.41) is 8.47. The lowest BCUT2D eigenvalue weighted by atomic mass is 9.96. The number of nitrogens with zero attached hydrogens (tertiary/aromatic N) is 6. The number of amides is 1. The molecule has 8 nitrogen and oxygen atoms in total. The molecular weight excluding hydrogens is 356 g/mol. The van der Waals surface area contributed by atoms with E-state index in [9.17, 15) is 4.79 Å². The lowest BCUT2D eigenvalue weighted by molar-refractivity contribution is -0.119. The molecule has 1 atom stereocenters. The molecule has 140 valence electrons. The third kappa shape index (κ3) is 2.74. The molecule has 0 N–H and O–H groups in total. The fourth-order valence-electron chi connectivity index (χ4n) is 3.63. The summed E-state index contributed by atoms with van der Waals surface area (Å²) in [5.41, 5.74) is 3.30. The van der Waals surface area contributed by atoms with Crippen LogP contribution in [0.5, 0.6) is 0 Å². The van der Waals surface area contributed by atoms with Gasteiger partial charge in [0.05, 0.1) is 17.5 Å². The number of aryl methyl sites for hydroxylation is 1. The van der Waals surface area contributed by atoms with E-state index in [-0.39, 0.29) is 11.8 Å². The van der Waals surface area contributed by atoms with Gasteiger partial charge in [-0.2, -0.15) is 10.1 Å². The largest absolute Gasteiger partial charge is 0.334 e. The Hall–Kier alpha value is -3.55. The smallest absolute Gasteiger partial charge is 0.261 e. The fraction of sp³-hybridized carbons (Fsp3) is 0.250. The Morgan fingerprint density at radius 3 is 2.89 bits per heavy atom. The van der Waals surface area contributed by atoms with Gasteiger partial charge in [0.1, 0.15) is 0 Å². The van der Waals surface area contributed by atoms with Crippen molar-refractivity contribution in [2.24, 2.45) is 0 Å². The summed E-state index contributed by atoms with van der Waals surface area (Å²) < 4.78 is 7.28. The van der Waals surface area contributed by atoms with Crippen molar-refractivity contribution in [3.05, 3.63) is 60.3 Å². The van der Waals surface area contributed by atoms with Gasteiger partial charge in [0.15, 0.2) is 11.5 Å². The van der Waals surface area contributed by atoms with Crippen LogP contribution in [0.3, 0.4) is 0 Å². The minimum Gasteiger partial charge on any atom is -0.334 e. The second-order valence-corrected chi connectivity index (χ2v) is 6.89. The van der Waals surface area contributed by atoms with E-state index in [2.05, 4.69) is 20.2 Å². The van der Waals surface area contributed by atoms with Crippen LogP contribution in [0.4, 0.5) is 5.69 Å². The number of aromatic nitrogens is 5. The van der Waals surface area contributed by atoms with Crippen LogP contribution in [0.15, 0.2) is 53.3 Å². The predicted molar refractivity (Wildman–Crippen MR) is 102 cm³/mol. The van der Waals surface area contributed by atoms with Crippen LogP contribution in [0.1, 0.15) is 30.3 Å². The van der Waals surface area contributed by atoms with E-state index in [1.54, 1.807) is 21.8 Å². The van der Waals surface area contributed by atoms with Gasteiger partial charge in [-0.25, -0.2) is 9.50 Å². The number of fused-ring (bicyclic) bond motifs is 1. The normalized spacial score (nSPS) is 17.4. The zero-order chi connectivity index (χ0) is 19.1. The number of hydrogen-bond donors (Lipinski definition) is 0. The minimum absolute atomic E-state index is 0.0251. The van der Waals surface area contributed by atoms with E-state index in [1.807, 2.05) is 43.3 Å². The Morgan fingerprint density at radius 2 is 2.04 bits per heavy atom. The Morgan fingerprint density at radius 1 is 1.18 bits per heavy atom. The van der Waals surface area contributed by atoms with E-state index in [4.69, 9.17) is 4.52 Å². The van der Waals surface area contributed by atoms with Crippen LogP contribution in [-0.2, 0) is 4.79 Å². The molecule has 5 rings (SSSR count). The number of benzene rings is 1. The summed E-state index contributed by atoms with van der Waals surface area (Å²) in [6.45, 7) is 2.48. The number of hydrogen-bond acceptors (Lipinski definition) is 6. The molecular formula is C20H18N6O2. The van der Waals surface area contributed by atoms with Crippen molar-refractivity contribution in [3.8, 4) is 11.5 Å². The molecule has 1 aliphatic rings. The zero-order valence-corrected chi connectivity index (χ0v) is 15.3. The molecule has 0 spiro atoms. The molecule has 1 amide bonds. The average molecular weight is 374 g/mol. The Kier molecular flexibility index (Phi) is 3.89. The van der Waals surface area contributed by atoms with E-state index >= 15 is 0 Å². The highest BCUT2D eigenvalue weighted by molar-refractivity contribution is 5.94. The topological polar surface area (TPSA) is 89.4 Å². The Labute approximate surface area is 160 Å². The SMILES string of the molecule is Cc1c(-c2nc(C3CCC(=O)N(c4ccccc4)C3)no2)cnc2ccnn12.